The minimum atomic E-state index is -0.526. The molecule has 11 nitrogen and oxygen atoms in total. The molecule has 0 radical (unpaired) electrons. The number of H-pyrrole nitrogens is 2. The zero-order chi connectivity index (χ0) is 21.3. The van der Waals surface area contributed by atoms with Crippen molar-refractivity contribution in [2.75, 3.05) is 17.7 Å². The zero-order valence-corrected chi connectivity index (χ0v) is 16.0. The predicted octanol–water partition coefficient (Wildman–Crippen LogP) is 3.36. The second kappa shape index (κ2) is 7.54. The van der Waals surface area contributed by atoms with Crippen LogP contribution in [0.4, 0.5) is 28.8 Å². The molecule has 0 amide bonds. The van der Waals surface area contributed by atoms with Crippen molar-refractivity contribution in [3.63, 3.8) is 0 Å². The highest BCUT2D eigenvalue weighted by Crippen LogP contribution is 2.30. The highest BCUT2D eigenvalue weighted by molar-refractivity contribution is 5.80. The second-order valence-corrected chi connectivity index (χ2v) is 6.40. The number of imidazole rings is 1. The number of nitro groups is 1. The van der Waals surface area contributed by atoms with E-state index < -0.39 is 4.92 Å². The molecule has 0 unspecified atom stereocenters. The molecular weight excluding hydrogens is 390 g/mol. The predicted molar refractivity (Wildman–Crippen MR) is 112 cm³/mol. The molecule has 0 atom stereocenters. The van der Waals surface area contributed by atoms with Crippen molar-refractivity contribution in [1.29, 1.82) is 0 Å². The lowest BCUT2D eigenvalue weighted by Crippen LogP contribution is -2.07. The Bertz CT molecular complexity index is 1290. The van der Waals surface area contributed by atoms with Gasteiger partial charge in [-0.05, 0) is 49.4 Å². The Labute approximate surface area is 169 Å². The number of nitrogens with zero attached hydrogens (tertiary/aromatic N) is 3. The number of nitrogens with one attached hydrogen (secondary N) is 4. The van der Waals surface area contributed by atoms with Gasteiger partial charge in [0.15, 0.2) is 0 Å². The lowest BCUT2D eigenvalue weighted by molar-refractivity contribution is -0.385. The third-order valence-electron chi connectivity index (χ3n) is 4.37. The quantitative estimate of drug-likeness (QED) is 0.281. The van der Waals surface area contributed by atoms with Crippen molar-refractivity contribution in [2.45, 2.75) is 6.92 Å². The monoisotopic (exact) mass is 407 g/mol. The normalized spacial score (nSPS) is 10.7. The maximum Gasteiger partial charge on any atom is 0.332 e. The SMILES string of the molecule is COc1ccc(Nc2nc(Nc3ccc4[nH]c(=O)[nH]c4c3)nc(C)c2[N+](=O)[O-])cc1. The molecule has 4 aromatic rings. The number of hydrogen-bond donors (Lipinski definition) is 4. The summed E-state index contributed by atoms with van der Waals surface area (Å²) in [6, 6.07) is 12.1. The number of anilines is 4. The van der Waals surface area contributed by atoms with Crippen LogP contribution in [-0.2, 0) is 0 Å². The van der Waals surface area contributed by atoms with E-state index in [0.29, 0.717) is 28.2 Å². The number of benzene rings is 2. The summed E-state index contributed by atoms with van der Waals surface area (Å²) in [6.07, 6.45) is 0. The summed E-state index contributed by atoms with van der Waals surface area (Å²) in [6.45, 7) is 1.54. The molecular formula is C19H17N7O4. The number of aryl methyl sites for hydroxylation is 1. The lowest BCUT2D eigenvalue weighted by atomic mass is 10.2. The molecule has 0 bridgehead atoms. The van der Waals surface area contributed by atoms with Gasteiger partial charge in [-0.15, -0.1) is 0 Å². The van der Waals surface area contributed by atoms with Crippen LogP contribution in [0.1, 0.15) is 5.69 Å². The molecule has 4 N–H and O–H groups in total. The third kappa shape index (κ3) is 3.76. The molecule has 11 heteroatoms. The minimum absolute atomic E-state index is 0.0521. The van der Waals surface area contributed by atoms with Gasteiger partial charge in [-0.1, -0.05) is 0 Å². The van der Waals surface area contributed by atoms with Crippen LogP contribution in [0.5, 0.6) is 5.75 Å². The minimum Gasteiger partial charge on any atom is -0.497 e. The molecule has 152 valence electrons. The first-order valence-electron chi connectivity index (χ1n) is 8.86. The molecule has 4 rings (SSSR count). The topological polar surface area (TPSA) is 151 Å². The van der Waals surface area contributed by atoms with Crippen molar-refractivity contribution >= 4 is 39.9 Å². The maximum atomic E-state index is 11.6. The summed E-state index contributed by atoms with van der Waals surface area (Å²) >= 11 is 0. The first-order chi connectivity index (χ1) is 14.4. The molecule has 0 aliphatic heterocycles. The van der Waals surface area contributed by atoms with Crippen molar-refractivity contribution in [3.8, 4) is 5.75 Å². The zero-order valence-electron chi connectivity index (χ0n) is 16.0. The molecule has 0 saturated heterocycles. The van der Waals surface area contributed by atoms with Crippen LogP contribution >= 0.6 is 0 Å². The lowest BCUT2D eigenvalue weighted by Gasteiger charge is -2.11. The van der Waals surface area contributed by atoms with E-state index in [1.807, 2.05) is 0 Å². The number of aromatic amines is 2. The molecule has 30 heavy (non-hydrogen) atoms. The van der Waals surface area contributed by atoms with Gasteiger partial charge in [0.25, 0.3) is 0 Å². The largest absolute Gasteiger partial charge is 0.497 e. The smallest absolute Gasteiger partial charge is 0.332 e. The van der Waals surface area contributed by atoms with E-state index in [1.54, 1.807) is 49.6 Å². The fourth-order valence-electron chi connectivity index (χ4n) is 2.98. The Morgan fingerprint density at radius 3 is 2.40 bits per heavy atom. The van der Waals surface area contributed by atoms with Gasteiger partial charge in [0.2, 0.25) is 11.8 Å². The molecule has 0 aliphatic rings. The van der Waals surface area contributed by atoms with E-state index in [0.717, 1.165) is 0 Å². The Morgan fingerprint density at radius 1 is 1.00 bits per heavy atom. The maximum absolute atomic E-state index is 11.6. The molecule has 0 fully saturated rings. The van der Waals surface area contributed by atoms with E-state index in [-0.39, 0.29) is 28.8 Å². The standard InChI is InChI=1S/C19H17N7O4/c1-10-16(26(28)29)17(21-11-3-6-13(30-2)7-4-11)25-18(20-10)22-12-5-8-14-15(9-12)24-19(27)23-14/h3-9H,1-2H3,(H2,23,24,27)(H2,20,21,22,25). The highest BCUT2D eigenvalue weighted by atomic mass is 16.6. The number of hydrogen-bond acceptors (Lipinski definition) is 8. The fraction of sp³-hybridized carbons (Fsp3) is 0.105. The number of methoxy groups -OCH3 is 1. The van der Waals surface area contributed by atoms with E-state index in [9.17, 15) is 14.9 Å². The van der Waals surface area contributed by atoms with E-state index in [2.05, 4.69) is 30.6 Å². The summed E-state index contributed by atoms with van der Waals surface area (Å²) in [7, 11) is 1.56. The molecule has 0 saturated carbocycles. The number of ether oxygens (including phenoxy) is 1. The van der Waals surface area contributed by atoms with Gasteiger partial charge >= 0.3 is 11.4 Å². The van der Waals surface area contributed by atoms with Crippen LogP contribution in [0.25, 0.3) is 11.0 Å². The second-order valence-electron chi connectivity index (χ2n) is 6.40. The highest BCUT2D eigenvalue weighted by Gasteiger charge is 2.22. The van der Waals surface area contributed by atoms with Gasteiger partial charge in [0.05, 0.1) is 23.1 Å². The van der Waals surface area contributed by atoms with Crippen LogP contribution in [-0.4, -0.2) is 32.0 Å². The summed E-state index contributed by atoms with van der Waals surface area (Å²) in [5.74, 6) is 0.886. The molecule has 2 aromatic heterocycles. The average Bonchev–Trinajstić information content (AvgIpc) is 3.07. The van der Waals surface area contributed by atoms with E-state index >= 15 is 0 Å². The van der Waals surface area contributed by atoms with Gasteiger partial charge in [-0.3, -0.25) is 10.1 Å². The summed E-state index contributed by atoms with van der Waals surface area (Å²) in [5, 5.41) is 17.5. The summed E-state index contributed by atoms with van der Waals surface area (Å²) in [4.78, 5) is 36.3. The van der Waals surface area contributed by atoms with Crippen LogP contribution in [0, 0.1) is 17.0 Å². The molecule has 2 aromatic carbocycles. The third-order valence-corrected chi connectivity index (χ3v) is 4.37. The Balaban J connectivity index is 1.69. The van der Waals surface area contributed by atoms with Gasteiger partial charge < -0.3 is 25.3 Å². The summed E-state index contributed by atoms with van der Waals surface area (Å²) < 4.78 is 5.12. The number of rotatable bonds is 6. The van der Waals surface area contributed by atoms with Gasteiger partial charge in [0, 0.05) is 11.4 Å². The molecule has 0 spiro atoms. The van der Waals surface area contributed by atoms with Crippen LogP contribution in [0.3, 0.4) is 0 Å². The fourth-order valence-corrected chi connectivity index (χ4v) is 2.98. The van der Waals surface area contributed by atoms with Crippen molar-refractivity contribution in [1.82, 2.24) is 19.9 Å². The Kier molecular flexibility index (Phi) is 4.76. The van der Waals surface area contributed by atoms with Gasteiger partial charge in [-0.2, -0.15) is 4.98 Å². The van der Waals surface area contributed by atoms with Crippen LogP contribution < -0.4 is 21.1 Å². The van der Waals surface area contributed by atoms with Crippen molar-refractivity contribution in [2.24, 2.45) is 0 Å². The van der Waals surface area contributed by atoms with Crippen molar-refractivity contribution < 1.29 is 9.66 Å². The van der Waals surface area contributed by atoms with E-state index in [4.69, 9.17) is 4.74 Å². The van der Waals surface area contributed by atoms with E-state index in [1.165, 1.54) is 6.92 Å². The number of aromatic nitrogens is 4. The molecule has 0 aliphatic carbocycles. The Hall–Kier alpha value is -4.41. The average molecular weight is 407 g/mol. The first-order valence-corrected chi connectivity index (χ1v) is 8.86. The Morgan fingerprint density at radius 2 is 1.70 bits per heavy atom. The molecule has 2 heterocycles. The van der Waals surface area contributed by atoms with Crippen LogP contribution in [0.2, 0.25) is 0 Å². The van der Waals surface area contributed by atoms with Gasteiger partial charge in [0.1, 0.15) is 11.4 Å². The van der Waals surface area contributed by atoms with Crippen molar-refractivity contribution in [3.05, 3.63) is 68.8 Å². The van der Waals surface area contributed by atoms with Crippen LogP contribution in [0.15, 0.2) is 47.3 Å². The van der Waals surface area contributed by atoms with Gasteiger partial charge in [-0.25, -0.2) is 9.78 Å². The summed E-state index contributed by atoms with van der Waals surface area (Å²) in [5.41, 5.74) is 2.16. The first kappa shape index (κ1) is 18.9. The number of fused-ring (bicyclic) bond motifs is 1.